The molecule has 0 unspecified atom stereocenters. The molecule has 0 radical (unpaired) electrons. The number of halogens is 5. The number of alkyl halides is 3. The van der Waals surface area contributed by atoms with Crippen molar-refractivity contribution in [2.45, 2.75) is 16.9 Å². The molecular weight excluding hydrogens is 349 g/mol. The third-order valence-corrected chi connectivity index (χ3v) is 3.84. The summed E-state index contributed by atoms with van der Waals surface area (Å²) in [5, 5.41) is 0. The lowest BCUT2D eigenvalue weighted by Crippen LogP contribution is -2.26. The molecule has 0 aliphatic heterocycles. The lowest BCUT2D eigenvalue weighted by atomic mass is 10.1. The van der Waals surface area contributed by atoms with E-state index in [0.717, 1.165) is 12.1 Å². The minimum Gasteiger partial charge on any atom is -0.337 e. The first-order valence-electron chi connectivity index (χ1n) is 6.71. The molecule has 128 valence electrons. The van der Waals surface area contributed by atoms with E-state index in [0.29, 0.717) is 0 Å². The second-order valence-corrected chi connectivity index (χ2v) is 6.11. The summed E-state index contributed by atoms with van der Waals surface area (Å²) in [4.78, 5) is 13.4. The van der Waals surface area contributed by atoms with Gasteiger partial charge in [0.25, 0.3) is 5.91 Å². The number of hydrogen-bond donors (Lipinski definition) is 0. The normalized spacial score (nSPS) is 11.4. The van der Waals surface area contributed by atoms with E-state index < -0.39 is 23.0 Å². The van der Waals surface area contributed by atoms with Crippen molar-refractivity contribution in [3.05, 3.63) is 65.2 Å². The Labute approximate surface area is 139 Å². The van der Waals surface area contributed by atoms with Gasteiger partial charge < -0.3 is 4.90 Å². The zero-order chi connectivity index (χ0) is 17.9. The van der Waals surface area contributed by atoms with Gasteiger partial charge in [-0.05, 0) is 42.1 Å². The Morgan fingerprint density at radius 3 is 2.25 bits per heavy atom. The van der Waals surface area contributed by atoms with E-state index in [9.17, 15) is 26.7 Å². The highest BCUT2D eigenvalue weighted by molar-refractivity contribution is 8.00. The van der Waals surface area contributed by atoms with E-state index >= 15 is 0 Å². The highest BCUT2D eigenvalue weighted by Gasteiger charge is 2.29. The molecule has 1 amide bonds. The number of hydrogen-bond acceptors (Lipinski definition) is 2. The van der Waals surface area contributed by atoms with Gasteiger partial charge in [0, 0.05) is 35.7 Å². The maximum atomic E-state index is 13.6. The molecule has 24 heavy (non-hydrogen) atoms. The topological polar surface area (TPSA) is 20.3 Å². The highest BCUT2D eigenvalue weighted by Crippen LogP contribution is 2.36. The number of benzene rings is 2. The van der Waals surface area contributed by atoms with Gasteiger partial charge in [-0.1, -0.05) is 6.07 Å². The van der Waals surface area contributed by atoms with Crippen molar-refractivity contribution in [2.24, 2.45) is 0 Å². The molecule has 0 aromatic heterocycles. The van der Waals surface area contributed by atoms with Crippen LogP contribution >= 0.6 is 11.8 Å². The van der Waals surface area contributed by atoms with E-state index in [-0.39, 0.29) is 34.3 Å². The zero-order valence-electron chi connectivity index (χ0n) is 12.4. The molecular formula is C16H12F5NOS. The highest BCUT2D eigenvalue weighted by atomic mass is 32.2. The molecule has 0 fully saturated rings. The van der Waals surface area contributed by atoms with Crippen molar-refractivity contribution in [1.29, 1.82) is 0 Å². The molecule has 8 heteroatoms. The summed E-state index contributed by atoms with van der Waals surface area (Å²) in [5.41, 5.74) is -4.09. The molecule has 0 atom stereocenters. The summed E-state index contributed by atoms with van der Waals surface area (Å²) in [6.45, 7) is -0.0933. The van der Waals surface area contributed by atoms with Gasteiger partial charge in [0.05, 0.1) is 0 Å². The van der Waals surface area contributed by atoms with Crippen molar-refractivity contribution < 1.29 is 26.7 Å². The van der Waals surface area contributed by atoms with Crippen LogP contribution in [0.1, 0.15) is 15.9 Å². The van der Waals surface area contributed by atoms with E-state index in [4.69, 9.17) is 0 Å². The molecule has 0 aliphatic carbocycles. The van der Waals surface area contributed by atoms with Crippen LogP contribution in [-0.2, 0) is 6.54 Å². The van der Waals surface area contributed by atoms with Crippen molar-refractivity contribution in [1.82, 2.24) is 4.90 Å². The van der Waals surface area contributed by atoms with Crippen LogP contribution in [0.4, 0.5) is 22.0 Å². The fraction of sp³-hybridized carbons (Fsp3) is 0.188. The van der Waals surface area contributed by atoms with Crippen LogP contribution in [0.25, 0.3) is 0 Å². The maximum absolute atomic E-state index is 13.6. The molecule has 2 rings (SSSR count). The summed E-state index contributed by atoms with van der Waals surface area (Å²) >= 11 is -0.275. The van der Waals surface area contributed by atoms with Crippen LogP contribution in [0.15, 0.2) is 47.4 Å². The molecule has 0 saturated heterocycles. The average molecular weight is 361 g/mol. The van der Waals surface area contributed by atoms with Gasteiger partial charge >= 0.3 is 5.51 Å². The summed E-state index contributed by atoms with van der Waals surface area (Å²) in [7, 11) is 1.42. The fourth-order valence-electron chi connectivity index (χ4n) is 2.00. The van der Waals surface area contributed by atoms with Crippen molar-refractivity contribution in [3.8, 4) is 0 Å². The van der Waals surface area contributed by atoms with E-state index in [1.54, 1.807) is 0 Å². The molecule has 2 aromatic carbocycles. The number of carbonyl (C=O) groups excluding carboxylic acids is 1. The standard InChI is InChI=1S/C16H12F5NOS/c1-22(9-11-2-5-12(17)8-14(11)18)15(23)10-3-6-13(7-4-10)24-16(19,20)21/h2-8H,9H2,1H3. The quantitative estimate of drug-likeness (QED) is 0.573. The Kier molecular flexibility index (Phi) is 5.48. The van der Waals surface area contributed by atoms with Crippen LogP contribution in [0, 0.1) is 11.6 Å². The summed E-state index contributed by atoms with van der Waals surface area (Å²) in [6, 6.07) is 7.96. The number of thioether (sulfide) groups is 1. The van der Waals surface area contributed by atoms with Crippen LogP contribution in [0.3, 0.4) is 0 Å². The van der Waals surface area contributed by atoms with E-state index in [2.05, 4.69) is 0 Å². The lowest BCUT2D eigenvalue weighted by molar-refractivity contribution is -0.0328. The van der Waals surface area contributed by atoms with Crippen molar-refractivity contribution in [2.75, 3.05) is 7.05 Å². The number of nitrogens with zero attached hydrogens (tertiary/aromatic N) is 1. The van der Waals surface area contributed by atoms with E-state index in [1.807, 2.05) is 0 Å². The van der Waals surface area contributed by atoms with Crippen LogP contribution < -0.4 is 0 Å². The average Bonchev–Trinajstić information content (AvgIpc) is 2.48. The largest absolute Gasteiger partial charge is 0.446 e. The Morgan fingerprint density at radius 1 is 1.08 bits per heavy atom. The van der Waals surface area contributed by atoms with E-state index in [1.165, 1.54) is 42.3 Å². The molecule has 0 N–H and O–H groups in total. The molecule has 2 aromatic rings. The number of carbonyl (C=O) groups is 1. The van der Waals surface area contributed by atoms with Crippen LogP contribution in [0.2, 0.25) is 0 Å². The molecule has 0 spiro atoms. The van der Waals surface area contributed by atoms with Gasteiger partial charge in [0.1, 0.15) is 11.6 Å². The first-order chi connectivity index (χ1) is 11.2. The van der Waals surface area contributed by atoms with Crippen LogP contribution in [-0.4, -0.2) is 23.4 Å². The molecule has 0 aliphatic rings. The van der Waals surface area contributed by atoms with Gasteiger partial charge in [0.2, 0.25) is 0 Å². The molecule has 0 bridgehead atoms. The summed E-state index contributed by atoms with van der Waals surface area (Å²) < 4.78 is 63.2. The Morgan fingerprint density at radius 2 is 1.71 bits per heavy atom. The predicted octanol–water partition coefficient (Wildman–Crippen LogP) is 4.85. The minimum atomic E-state index is -4.40. The Balaban J connectivity index is 2.07. The first-order valence-corrected chi connectivity index (χ1v) is 7.52. The van der Waals surface area contributed by atoms with Crippen LogP contribution in [0.5, 0.6) is 0 Å². The third-order valence-electron chi connectivity index (χ3n) is 3.10. The fourth-order valence-corrected chi connectivity index (χ4v) is 2.54. The van der Waals surface area contributed by atoms with Gasteiger partial charge in [-0.2, -0.15) is 13.2 Å². The zero-order valence-corrected chi connectivity index (χ0v) is 13.2. The second-order valence-electron chi connectivity index (χ2n) is 4.97. The van der Waals surface area contributed by atoms with Gasteiger partial charge in [-0.25, -0.2) is 8.78 Å². The maximum Gasteiger partial charge on any atom is 0.446 e. The first kappa shape index (κ1) is 18.3. The predicted molar refractivity (Wildman–Crippen MR) is 80.5 cm³/mol. The Hall–Kier alpha value is -2.09. The smallest absolute Gasteiger partial charge is 0.337 e. The monoisotopic (exact) mass is 361 g/mol. The Bertz CT molecular complexity index is 730. The number of rotatable bonds is 4. The minimum absolute atomic E-state index is 0.0358. The van der Waals surface area contributed by atoms with Crippen molar-refractivity contribution >= 4 is 17.7 Å². The molecule has 0 heterocycles. The number of amides is 1. The lowest BCUT2D eigenvalue weighted by Gasteiger charge is -2.18. The third kappa shape index (κ3) is 4.95. The summed E-state index contributed by atoms with van der Waals surface area (Å²) in [5.74, 6) is -1.98. The van der Waals surface area contributed by atoms with Gasteiger partial charge in [-0.3, -0.25) is 4.79 Å². The van der Waals surface area contributed by atoms with Gasteiger partial charge in [0.15, 0.2) is 0 Å². The molecule has 2 nitrogen and oxygen atoms in total. The molecule has 0 saturated carbocycles. The second kappa shape index (κ2) is 7.21. The summed E-state index contributed by atoms with van der Waals surface area (Å²) in [6.07, 6.45) is 0. The van der Waals surface area contributed by atoms with Gasteiger partial charge in [-0.15, -0.1) is 0 Å². The SMILES string of the molecule is CN(Cc1ccc(F)cc1F)C(=O)c1ccc(SC(F)(F)F)cc1. The van der Waals surface area contributed by atoms with Crippen molar-refractivity contribution in [3.63, 3.8) is 0 Å².